The molecule has 0 fully saturated rings. The lowest BCUT2D eigenvalue weighted by atomic mass is 10.1. The monoisotopic (exact) mass is 256 g/mol. The summed E-state index contributed by atoms with van der Waals surface area (Å²) in [6.45, 7) is 0. The number of terminal acetylenes is 1. The van der Waals surface area contributed by atoms with Crippen molar-refractivity contribution in [3.63, 3.8) is 0 Å². The molecule has 0 saturated carbocycles. The molecule has 0 amide bonds. The van der Waals surface area contributed by atoms with Crippen LogP contribution in [0.5, 0.6) is 0 Å². The van der Waals surface area contributed by atoms with Crippen molar-refractivity contribution in [2.45, 2.75) is 6.42 Å². The standard InChI is InChI=1S/C10H6BrClO/c1-2-3-10(13)7-4-5-8(11)9(12)6-7/h1,4-6H,3H2. The number of rotatable bonds is 2. The molecule has 0 aromatic heterocycles. The van der Waals surface area contributed by atoms with Crippen LogP contribution in [0.2, 0.25) is 5.02 Å². The SMILES string of the molecule is C#CCC(=O)c1ccc(Br)c(Cl)c1. The highest BCUT2D eigenvalue weighted by molar-refractivity contribution is 9.10. The Morgan fingerprint density at radius 3 is 2.85 bits per heavy atom. The molecule has 0 saturated heterocycles. The van der Waals surface area contributed by atoms with Crippen LogP contribution in [-0.4, -0.2) is 5.78 Å². The van der Waals surface area contributed by atoms with Gasteiger partial charge >= 0.3 is 0 Å². The predicted molar refractivity (Wildman–Crippen MR) is 56.9 cm³/mol. The fraction of sp³-hybridized carbons (Fsp3) is 0.100. The quantitative estimate of drug-likeness (QED) is 0.587. The first-order valence-corrected chi connectivity index (χ1v) is 4.74. The second-order valence-corrected chi connectivity index (χ2v) is 3.69. The van der Waals surface area contributed by atoms with Gasteiger partial charge in [-0.25, -0.2) is 0 Å². The summed E-state index contributed by atoms with van der Waals surface area (Å²) in [5.41, 5.74) is 0.547. The third-order valence-corrected chi connectivity index (χ3v) is 2.74. The van der Waals surface area contributed by atoms with E-state index in [1.165, 1.54) is 0 Å². The molecule has 0 aliphatic heterocycles. The van der Waals surface area contributed by atoms with E-state index < -0.39 is 0 Å². The third-order valence-electron chi connectivity index (χ3n) is 1.50. The van der Waals surface area contributed by atoms with Crippen LogP contribution in [0.25, 0.3) is 0 Å². The number of carbonyl (C=O) groups is 1. The molecule has 1 nitrogen and oxygen atoms in total. The zero-order chi connectivity index (χ0) is 9.84. The number of ketones is 1. The average molecular weight is 258 g/mol. The maximum atomic E-state index is 11.3. The Bertz CT molecular complexity index is 379. The molecule has 1 aromatic carbocycles. The summed E-state index contributed by atoms with van der Waals surface area (Å²) in [7, 11) is 0. The minimum absolute atomic E-state index is 0.0862. The summed E-state index contributed by atoms with van der Waals surface area (Å²) in [6.07, 6.45) is 5.13. The fourth-order valence-electron chi connectivity index (χ4n) is 0.864. The van der Waals surface area contributed by atoms with Crippen molar-refractivity contribution in [3.8, 4) is 12.3 Å². The van der Waals surface area contributed by atoms with Crippen molar-refractivity contribution < 1.29 is 4.79 Å². The van der Waals surface area contributed by atoms with Gasteiger partial charge in [0.15, 0.2) is 5.78 Å². The number of benzene rings is 1. The van der Waals surface area contributed by atoms with Crippen LogP contribution in [0.1, 0.15) is 16.8 Å². The largest absolute Gasteiger partial charge is 0.293 e. The van der Waals surface area contributed by atoms with E-state index >= 15 is 0 Å². The van der Waals surface area contributed by atoms with Crippen LogP contribution in [0, 0.1) is 12.3 Å². The third kappa shape index (κ3) is 2.58. The lowest BCUT2D eigenvalue weighted by molar-refractivity contribution is 0.0998. The summed E-state index contributed by atoms with van der Waals surface area (Å²) < 4.78 is 0.770. The predicted octanol–water partition coefficient (Wildman–Crippen LogP) is 3.31. The zero-order valence-electron chi connectivity index (χ0n) is 6.68. The van der Waals surface area contributed by atoms with Crippen molar-refractivity contribution in [1.29, 1.82) is 0 Å². The van der Waals surface area contributed by atoms with Gasteiger partial charge in [0.2, 0.25) is 0 Å². The summed E-state index contributed by atoms with van der Waals surface area (Å²) in [4.78, 5) is 11.3. The average Bonchev–Trinajstić information content (AvgIpc) is 2.10. The number of hydrogen-bond donors (Lipinski definition) is 0. The van der Waals surface area contributed by atoms with Crippen molar-refractivity contribution in [1.82, 2.24) is 0 Å². The van der Waals surface area contributed by atoms with Crippen molar-refractivity contribution in [2.75, 3.05) is 0 Å². The van der Waals surface area contributed by atoms with Gasteiger partial charge in [0.05, 0.1) is 11.4 Å². The Balaban J connectivity index is 2.98. The normalized spacial score (nSPS) is 9.31. The molecule has 0 N–H and O–H groups in total. The Morgan fingerprint density at radius 2 is 2.31 bits per heavy atom. The number of hydrogen-bond acceptors (Lipinski definition) is 1. The Hall–Kier alpha value is -0.780. The molecule has 3 heteroatoms. The molecule has 0 aliphatic rings. The van der Waals surface area contributed by atoms with Gasteiger partial charge in [-0.1, -0.05) is 23.6 Å². The van der Waals surface area contributed by atoms with Crippen molar-refractivity contribution in [2.24, 2.45) is 0 Å². The number of halogens is 2. The van der Waals surface area contributed by atoms with E-state index in [4.69, 9.17) is 18.0 Å². The van der Waals surface area contributed by atoms with E-state index in [1.807, 2.05) is 0 Å². The number of Topliss-reactive ketones (excluding diaryl/α,β-unsaturated/α-hetero) is 1. The highest BCUT2D eigenvalue weighted by Gasteiger charge is 2.05. The van der Waals surface area contributed by atoms with E-state index in [0.29, 0.717) is 10.6 Å². The molecule has 13 heavy (non-hydrogen) atoms. The molecule has 0 aliphatic carbocycles. The Labute approximate surface area is 90.2 Å². The van der Waals surface area contributed by atoms with Crippen molar-refractivity contribution in [3.05, 3.63) is 33.3 Å². The zero-order valence-corrected chi connectivity index (χ0v) is 9.02. The first-order chi connectivity index (χ1) is 6.15. The summed E-state index contributed by atoms with van der Waals surface area (Å²) in [5.74, 6) is 2.21. The first-order valence-electron chi connectivity index (χ1n) is 3.57. The molecular weight excluding hydrogens is 251 g/mol. The highest BCUT2D eigenvalue weighted by Crippen LogP contribution is 2.23. The Morgan fingerprint density at radius 1 is 1.62 bits per heavy atom. The lowest BCUT2D eigenvalue weighted by Gasteiger charge is -1.99. The molecule has 0 atom stereocenters. The smallest absolute Gasteiger partial charge is 0.174 e. The Kier molecular flexibility index (Phi) is 3.53. The van der Waals surface area contributed by atoms with Gasteiger partial charge in [0.25, 0.3) is 0 Å². The minimum atomic E-state index is -0.0862. The van der Waals surface area contributed by atoms with E-state index in [9.17, 15) is 4.79 Å². The van der Waals surface area contributed by atoms with Gasteiger partial charge in [-0.2, -0.15) is 0 Å². The topological polar surface area (TPSA) is 17.1 Å². The summed E-state index contributed by atoms with van der Waals surface area (Å²) >= 11 is 9.04. The molecule has 0 unspecified atom stereocenters. The second kappa shape index (κ2) is 4.45. The van der Waals surface area contributed by atoms with Gasteiger partial charge in [0.1, 0.15) is 0 Å². The molecule has 1 rings (SSSR count). The molecular formula is C10H6BrClO. The van der Waals surface area contributed by atoms with Crippen molar-refractivity contribution >= 4 is 33.3 Å². The van der Waals surface area contributed by atoms with Gasteiger partial charge < -0.3 is 0 Å². The highest BCUT2D eigenvalue weighted by atomic mass is 79.9. The maximum absolute atomic E-state index is 11.3. The van der Waals surface area contributed by atoms with E-state index in [-0.39, 0.29) is 12.2 Å². The van der Waals surface area contributed by atoms with Gasteiger partial charge in [-0.3, -0.25) is 4.79 Å². The molecule has 0 heterocycles. The first kappa shape index (κ1) is 10.3. The van der Waals surface area contributed by atoms with Crippen LogP contribution < -0.4 is 0 Å². The minimum Gasteiger partial charge on any atom is -0.293 e. The van der Waals surface area contributed by atoms with Crippen LogP contribution in [0.4, 0.5) is 0 Å². The van der Waals surface area contributed by atoms with Crippen LogP contribution in [-0.2, 0) is 0 Å². The maximum Gasteiger partial charge on any atom is 0.174 e. The van der Waals surface area contributed by atoms with Crippen LogP contribution in [0.3, 0.4) is 0 Å². The van der Waals surface area contributed by atoms with Gasteiger partial charge in [-0.05, 0) is 28.1 Å². The second-order valence-electron chi connectivity index (χ2n) is 2.43. The van der Waals surface area contributed by atoms with E-state index in [1.54, 1.807) is 18.2 Å². The molecule has 66 valence electrons. The van der Waals surface area contributed by atoms with Crippen LogP contribution in [0.15, 0.2) is 22.7 Å². The lowest BCUT2D eigenvalue weighted by Crippen LogP contribution is -1.96. The fourth-order valence-corrected chi connectivity index (χ4v) is 1.29. The summed E-state index contributed by atoms with van der Waals surface area (Å²) in [6, 6.07) is 5.02. The van der Waals surface area contributed by atoms with Crippen LogP contribution >= 0.6 is 27.5 Å². The van der Waals surface area contributed by atoms with Gasteiger partial charge in [0, 0.05) is 10.0 Å². The van der Waals surface area contributed by atoms with E-state index in [0.717, 1.165) is 4.47 Å². The summed E-state index contributed by atoms with van der Waals surface area (Å²) in [5, 5.41) is 0.517. The number of carbonyl (C=O) groups excluding carboxylic acids is 1. The molecule has 0 spiro atoms. The van der Waals surface area contributed by atoms with E-state index in [2.05, 4.69) is 21.9 Å². The molecule has 0 radical (unpaired) electrons. The van der Waals surface area contributed by atoms with Gasteiger partial charge in [-0.15, -0.1) is 6.42 Å². The molecule has 1 aromatic rings. The molecule has 0 bridgehead atoms.